The molecule has 2 aromatic carbocycles. The molecule has 1 unspecified atom stereocenters. The molecule has 0 fully saturated rings. The molecule has 36 heavy (non-hydrogen) atoms. The molecule has 192 valence electrons. The van der Waals surface area contributed by atoms with Gasteiger partial charge in [0, 0.05) is 16.8 Å². The molecule has 2 rings (SSSR count). The number of carbonyl (C=O) groups excluding carboxylic acids is 3. The summed E-state index contributed by atoms with van der Waals surface area (Å²) in [6.07, 6.45) is 4.81. The second-order valence-corrected chi connectivity index (χ2v) is 10.7. The maximum Gasteiger partial charge on any atom is 0.408 e. The van der Waals surface area contributed by atoms with Gasteiger partial charge in [0.25, 0.3) is 5.91 Å². The molecule has 0 spiro atoms. The first-order valence-electron chi connectivity index (χ1n) is 11.9. The number of nitrogens with one attached hydrogen (secondary N) is 2. The Morgan fingerprint density at radius 2 is 1.53 bits per heavy atom. The molecule has 1 atom stereocenters. The van der Waals surface area contributed by atoms with Gasteiger partial charge in [-0.3, -0.25) is 9.59 Å². The summed E-state index contributed by atoms with van der Waals surface area (Å²) in [7, 11) is 0. The maximum absolute atomic E-state index is 13.8. The zero-order valence-corrected chi connectivity index (χ0v) is 22.5. The van der Waals surface area contributed by atoms with Crippen LogP contribution in [0.25, 0.3) is 0 Å². The number of para-hydroxylation sites is 1. The highest BCUT2D eigenvalue weighted by atomic mass is 16.6. The van der Waals surface area contributed by atoms with Crippen molar-refractivity contribution in [3.63, 3.8) is 0 Å². The molecule has 7 nitrogen and oxygen atoms in total. The number of amides is 3. The predicted molar refractivity (Wildman–Crippen MR) is 142 cm³/mol. The monoisotopic (exact) mass is 491 g/mol. The molecule has 0 saturated carbocycles. The van der Waals surface area contributed by atoms with E-state index in [1.807, 2.05) is 52.8 Å². The van der Waals surface area contributed by atoms with Crippen molar-refractivity contribution in [2.45, 2.75) is 72.6 Å². The van der Waals surface area contributed by atoms with Crippen molar-refractivity contribution in [1.82, 2.24) is 10.2 Å². The molecule has 0 saturated heterocycles. The number of aryl methyl sites for hydroxylation is 2. The molecular weight excluding hydrogens is 454 g/mol. The Morgan fingerprint density at radius 3 is 2.00 bits per heavy atom. The van der Waals surface area contributed by atoms with E-state index in [9.17, 15) is 14.4 Å². The van der Waals surface area contributed by atoms with Gasteiger partial charge < -0.3 is 20.3 Å². The summed E-state index contributed by atoms with van der Waals surface area (Å²) in [5, 5.41) is 5.54. The van der Waals surface area contributed by atoms with Gasteiger partial charge in [0.2, 0.25) is 5.91 Å². The molecule has 0 radical (unpaired) electrons. The van der Waals surface area contributed by atoms with Gasteiger partial charge in [-0.2, -0.15) is 0 Å². The number of hydrogen-bond donors (Lipinski definition) is 2. The lowest BCUT2D eigenvalue weighted by atomic mass is 9.95. The molecule has 7 heteroatoms. The van der Waals surface area contributed by atoms with Crippen LogP contribution in [0.5, 0.6) is 0 Å². The number of benzene rings is 2. The largest absolute Gasteiger partial charge is 0.444 e. The molecule has 0 aliphatic heterocycles. The highest BCUT2D eigenvalue weighted by molar-refractivity contribution is 5.99. The van der Waals surface area contributed by atoms with E-state index in [0.717, 1.165) is 11.1 Å². The van der Waals surface area contributed by atoms with Crippen molar-refractivity contribution in [3.05, 3.63) is 64.7 Å². The fourth-order valence-corrected chi connectivity index (χ4v) is 3.84. The third kappa shape index (κ3) is 7.61. The van der Waals surface area contributed by atoms with E-state index in [1.165, 1.54) is 4.90 Å². The summed E-state index contributed by atoms with van der Waals surface area (Å²) < 4.78 is 5.26. The van der Waals surface area contributed by atoms with Gasteiger partial charge in [-0.15, -0.1) is 6.42 Å². The molecule has 0 aliphatic carbocycles. The summed E-state index contributed by atoms with van der Waals surface area (Å²) in [6.45, 7) is 14.2. The summed E-state index contributed by atoms with van der Waals surface area (Å²) in [5.74, 6) is 1.76. The van der Waals surface area contributed by atoms with Crippen LogP contribution < -0.4 is 10.6 Å². The van der Waals surface area contributed by atoms with Gasteiger partial charge in [0.15, 0.2) is 0 Å². The smallest absolute Gasteiger partial charge is 0.408 e. The first kappa shape index (κ1) is 28.4. The molecule has 3 amide bonds. The minimum Gasteiger partial charge on any atom is -0.444 e. The summed E-state index contributed by atoms with van der Waals surface area (Å²) in [6, 6.07) is 11.7. The molecule has 0 aliphatic rings. The van der Waals surface area contributed by atoms with Gasteiger partial charge in [-0.1, -0.05) is 36.3 Å². The number of anilines is 1. The second kappa shape index (κ2) is 11.3. The van der Waals surface area contributed by atoms with Gasteiger partial charge in [0.05, 0.1) is 0 Å². The Morgan fingerprint density at radius 1 is 0.972 bits per heavy atom. The fraction of sp³-hybridized carbons (Fsp3) is 0.414. The zero-order valence-electron chi connectivity index (χ0n) is 22.5. The Bertz CT molecular complexity index is 1130. The van der Waals surface area contributed by atoms with E-state index in [0.29, 0.717) is 16.8 Å². The predicted octanol–water partition coefficient (Wildman–Crippen LogP) is 5.12. The highest BCUT2D eigenvalue weighted by Gasteiger charge is 2.38. The second-order valence-electron chi connectivity index (χ2n) is 10.7. The summed E-state index contributed by atoms with van der Waals surface area (Å²) in [4.78, 5) is 41.0. The Balaban J connectivity index is 2.48. The molecule has 0 aromatic heterocycles. The van der Waals surface area contributed by atoms with E-state index in [2.05, 4.69) is 16.6 Å². The fourth-order valence-electron chi connectivity index (χ4n) is 3.84. The molecular formula is C29H37N3O4. The number of ether oxygens (including phenoxy) is 1. The standard InChI is InChI=1S/C29H37N3O4/c1-10-21-14-16-22(17-15-21)25(26(34)31-24-19(2)12-11-13-20(24)3)32(28(4,5)6)23(33)18-30-27(35)36-29(7,8)9/h1,11-17,25H,18H2,2-9H3,(H,30,35)(H,31,34). The number of carbonyl (C=O) groups is 3. The minimum atomic E-state index is -0.983. The van der Waals surface area contributed by atoms with Gasteiger partial charge in [-0.05, 0) is 84.2 Å². The van der Waals surface area contributed by atoms with E-state index in [4.69, 9.17) is 11.2 Å². The van der Waals surface area contributed by atoms with E-state index < -0.39 is 29.2 Å². The van der Waals surface area contributed by atoms with Gasteiger partial charge in [0.1, 0.15) is 18.2 Å². The minimum absolute atomic E-state index is 0.332. The number of rotatable bonds is 6. The Labute approximate surface area is 214 Å². The highest BCUT2D eigenvalue weighted by Crippen LogP contribution is 2.31. The molecule has 2 N–H and O–H groups in total. The number of hydrogen-bond acceptors (Lipinski definition) is 4. The summed E-state index contributed by atoms with van der Waals surface area (Å²) in [5.41, 5.74) is 2.30. The lowest BCUT2D eigenvalue weighted by Gasteiger charge is -2.41. The van der Waals surface area contributed by atoms with Crippen LogP contribution >= 0.6 is 0 Å². The van der Waals surface area contributed by atoms with Gasteiger partial charge in [-0.25, -0.2) is 4.79 Å². The van der Waals surface area contributed by atoms with Gasteiger partial charge >= 0.3 is 6.09 Å². The average molecular weight is 492 g/mol. The van der Waals surface area contributed by atoms with Crippen LogP contribution in [0.15, 0.2) is 42.5 Å². The molecule has 0 heterocycles. The molecule has 0 bridgehead atoms. The zero-order chi connectivity index (χ0) is 27.3. The summed E-state index contributed by atoms with van der Waals surface area (Å²) >= 11 is 0. The third-order valence-electron chi connectivity index (χ3n) is 5.40. The van der Waals surface area contributed by atoms with Crippen molar-refractivity contribution in [3.8, 4) is 12.3 Å². The van der Waals surface area contributed by atoms with Crippen molar-refractivity contribution in [1.29, 1.82) is 0 Å². The van der Waals surface area contributed by atoms with Crippen LogP contribution in [0.2, 0.25) is 0 Å². The number of nitrogens with zero attached hydrogens (tertiary/aromatic N) is 1. The Hall–Kier alpha value is -3.79. The Kier molecular flexibility index (Phi) is 8.93. The van der Waals surface area contributed by atoms with E-state index >= 15 is 0 Å². The van der Waals surface area contributed by atoms with Crippen molar-refractivity contribution in [2.75, 3.05) is 11.9 Å². The average Bonchev–Trinajstić information content (AvgIpc) is 2.76. The normalized spacial score (nSPS) is 12.2. The number of terminal acetylenes is 1. The van der Waals surface area contributed by atoms with Crippen LogP contribution in [0.4, 0.5) is 10.5 Å². The van der Waals surface area contributed by atoms with Crippen LogP contribution in [0, 0.1) is 26.2 Å². The number of alkyl carbamates (subject to hydrolysis) is 1. The van der Waals surface area contributed by atoms with E-state index in [1.54, 1.807) is 45.0 Å². The van der Waals surface area contributed by atoms with Crippen molar-refractivity contribution >= 4 is 23.6 Å². The molecule has 2 aromatic rings. The van der Waals surface area contributed by atoms with Crippen LogP contribution in [-0.4, -0.2) is 40.5 Å². The SMILES string of the molecule is C#Cc1ccc(C(C(=O)Nc2c(C)cccc2C)N(C(=O)CNC(=O)OC(C)(C)C)C(C)(C)C)cc1. The lowest BCUT2D eigenvalue weighted by Crippen LogP contribution is -2.54. The van der Waals surface area contributed by atoms with Crippen LogP contribution in [0.1, 0.15) is 69.8 Å². The van der Waals surface area contributed by atoms with Crippen LogP contribution in [-0.2, 0) is 14.3 Å². The van der Waals surface area contributed by atoms with E-state index in [-0.39, 0.29) is 12.5 Å². The topological polar surface area (TPSA) is 87.7 Å². The first-order valence-corrected chi connectivity index (χ1v) is 11.9. The van der Waals surface area contributed by atoms with Crippen LogP contribution in [0.3, 0.4) is 0 Å². The van der Waals surface area contributed by atoms with Crippen molar-refractivity contribution < 1.29 is 19.1 Å². The quantitative estimate of drug-likeness (QED) is 0.549. The third-order valence-corrected chi connectivity index (χ3v) is 5.40. The maximum atomic E-state index is 13.8. The van der Waals surface area contributed by atoms with Crippen molar-refractivity contribution in [2.24, 2.45) is 0 Å². The first-order chi connectivity index (χ1) is 16.6. The lowest BCUT2D eigenvalue weighted by molar-refractivity contribution is -0.144.